The van der Waals surface area contributed by atoms with Crippen molar-refractivity contribution in [2.75, 3.05) is 18.1 Å². The first-order valence-corrected chi connectivity index (χ1v) is 11.7. The van der Waals surface area contributed by atoms with Gasteiger partial charge in [0.1, 0.15) is 17.6 Å². The zero-order chi connectivity index (χ0) is 23.0. The van der Waals surface area contributed by atoms with E-state index >= 15 is 0 Å². The summed E-state index contributed by atoms with van der Waals surface area (Å²) in [6.45, 7) is 5.91. The van der Waals surface area contributed by atoms with Gasteiger partial charge in [0, 0.05) is 22.9 Å². The fourth-order valence-electron chi connectivity index (χ4n) is 3.91. The van der Waals surface area contributed by atoms with Crippen LogP contribution in [0, 0.1) is 13.0 Å². The smallest absolute Gasteiger partial charge is 0.308 e. The lowest BCUT2D eigenvalue weighted by molar-refractivity contribution is -0.142. The summed E-state index contributed by atoms with van der Waals surface area (Å²) in [5, 5.41) is 1.03. The van der Waals surface area contributed by atoms with Gasteiger partial charge in [0.15, 0.2) is 0 Å². The Kier molecular flexibility index (Phi) is 5.79. The molecule has 0 aliphatic carbocycles. The van der Waals surface area contributed by atoms with Gasteiger partial charge in [-0.1, -0.05) is 12.1 Å². The summed E-state index contributed by atoms with van der Waals surface area (Å²) in [4.78, 5) is 26.4. The van der Waals surface area contributed by atoms with Crippen LogP contribution < -0.4 is 9.62 Å². The standard InChI is InChI=1S/C23H23N2O6S/c1-4-25-18-10-12-20(15-7-6-8-16(22(15)18)23(25)27)32(28,29)24-17(13-21(26)30-5-2)19-11-9-14(3)31-19/h6-12,24H,4-5,13H2,1-3H3. The van der Waals surface area contributed by atoms with Gasteiger partial charge in [-0.15, -0.1) is 0 Å². The summed E-state index contributed by atoms with van der Waals surface area (Å²) >= 11 is 0. The van der Waals surface area contributed by atoms with E-state index in [2.05, 4.69) is 4.72 Å². The molecule has 0 unspecified atom stereocenters. The van der Waals surface area contributed by atoms with Crippen LogP contribution >= 0.6 is 0 Å². The number of carbonyl (C=O) groups is 2. The molecule has 4 rings (SSSR count). The van der Waals surface area contributed by atoms with Crippen molar-refractivity contribution in [3.05, 3.63) is 65.6 Å². The normalized spacial score (nSPS) is 13.4. The third-order valence-corrected chi connectivity index (χ3v) is 6.72. The largest absolute Gasteiger partial charge is 0.466 e. The third kappa shape index (κ3) is 3.78. The Hall–Kier alpha value is -3.17. The van der Waals surface area contributed by atoms with Gasteiger partial charge < -0.3 is 14.1 Å². The SMILES string of the molecule is CCOC(=O)C[C](NS(=O)(=O)c1ccc2c3c(cccc13)C(=O)N2CC)c1ccc(C)o1. The zero-order valence-corrected chi connectivity index (χ0v) is 18.8. The molecule has 1 aliphatic rings. The molecule has 2 aromatic carbocycles. The minimum Gasteiger partial charge on any atom is -0.466 e. The molecule has 1 N–H and O–H groups in total. The fraction of sp³-hybridized carbons (Fsp3) is 0.261. The third-order valence-electron chi connectivity index (χ3n) is 5.27. The van der Waals surface area contributed by atoms with Crippen LogP contribution in [0.15, 0.2) is 51.8 Å². The molecule has 2 heterocycles. The summed E-state index contributed by atoms with van der Waals surface area (Å²) < 4.78 is 39.9. The van der Waals surface area contributed by atoms with E-state index in [-0.39, 0.29) is 35.6 Å². The first-order chi connectivity index (χ1) is 15.3. The van der Waals surface area contributed by atoms with E-state index < -0.39 is 16.0 Å². The molecule has 32 heavy (non-hydrogen) atoms. The highest BCUT2D eigenvalue weighted by Gasteiger charge is 2.33. The molecule has 0 atom stereocenters. The quantitative estimate of drug-likeness (QED) is 0.521. The minimum absolute atomic E-state index is 0.00786. The number of esters is 1. The number of nitrogens with zero attached hydrogens (tertiary/aromatic N) is 1. The lowest BCUT2D eigenvalue weighted by Crippen LogP contribution is -2.31. The van der Waals surface area contributed by atoms with Crippen LogP contribution in [0.5, 0.6) is 0 Å². The molecular weight excluding hydrogens is 432 g/mol. The van der Waals surface area contributed by atoms with Crippen LogP contribution in [0.3, 0.4) is 0 Å². The Morgan fingerprint density at radius 1 is 1.12 bits per heavy atom. The maximum Gasteiger partial charge on any atom is 0.308 e. The summed E-state index contributed by atoms with van der Waals surface area (Å²) in [7, 11) is -4.12. The van der Waals surface area contributed by atoms with Gasteiger partial charge >= 0.3 is 5.97 Å². The van der Waals surface area contributed by atoms with Crippen molar-refractivity contribution in [2.45, 2.75) is 32.1 Å². The Morgan fingerprint density at radius 2 is 1.91 bits per heavy atom. The number of nitrogens with one attached hydrogen (secondary N) is 1. The molecule has 8 nitrogen and oxygen atoms in total. The lowest BCUT2D eigenvalue weighted by Gasteiger charge is -2.18. The van der Waals surface area contributed by atoms with Gasteiger partial charge in [-0.25, -0.2) is 8.42 Å². The van der Waals surface area contributed by atoms with E-state index in [9.17, 15) is 18.0 Å². The lowest BCUT2D eigenvalue weighted by atomic mass is 10.1. The molecule has 1 aliphatic heterocycles. The molecule has 0 spiro atoms. The number of hydrogen-bond acceptors (Lipinski definition) is 6. The number of benzene rings is 2. The monoisotopic (exact) mass is 455 g/mol. The molecule has 0 bridgehead atoms. The maximum atomic E-state index is 13.4. The molecule has 0 saturated carbocycles. The van der Waals surface area contributed by atoms with E-state index in [1.165, 1.54) is 6.07 Å². The van der Waals surface area contributed by atoms with Crippen molar-refractivity contribution in [2.24, 2.45) is 0 Å². The summed E-state index contributed by atoms with van der Waals surface area (Å²) in [6, 6.07) is 11.5. The Labute approximate surface area is 186 Å². The summed E-state index contributed by atoms with van der Waals surface area (Å²) in [5.41, 5.74) is 1.15. The van der Waals surface area contributed by atoms with Crippen LogP contribution in [0.1, 0.15) is 42.1 Å². The average Bonchev–Trinajstić information content (AvgIpc) is 3.30. The molecule has 1 aromatic heterocycles. The highest BCUT2D eigenvalue weighted by Crippen LogP contribution is 2.40. The number of aryl methyl sites for hydroxylation is 1. The number of amides is 1. The number of rotatable bonds is 8. The van der Waals surface area contributed by atoms with Gasteiger partial charge in [-0.3, -0.25) is 9.59 Å². The molecule has 3 aromatic rings. The fourth-order valence-corrected chi connectivity index (χ4v) is 5.23. The first kappa shape index (κ1) is 22.0. The molecular formula is C23H23N2O6S. The topological polar surface area (TPSA) is 106 Å². The number of furan rings is 1. The van der Waals surface area contributed by atoms with Gasteiger partial charge in [0.05, 0.1) is 23.6 Å². The average molecular weight is 456 g/mol. The van der Waals surface area contributed by atoms with Crippen LogP contribution in [-0.4, -0.2) is 33.4 Å². The highest BCUT2D eigenvalue weighted by molar-refractivity contribution is 7.89. The van der Waals surface area contributed by atoms with Crippen LogP contribution in [-0.2, 0) is 19.6 Å². The number of carbonyl (C=O) groups excluding carboxylic acids is 2. The predicted molar refractivity (Wildman–Crippen MR) is 119 cm³/mol. The molecule has 1 amide bonds. The van der Waals surface area contributed by atoms with Crippen LogP contribution in [0.2, 0.25) is 0 Å². The second-order valence-electron chi connectivity index (χ2n) is 7.34. The van der Waals surface area contributed by atoms with E-state index in [0.717, 1.165) is 0 Å². The van der Waals surface area contributed by atoms with E-state index in [1.54, 1.807) is 55.1 Å². The van der Waals surface area contributed by atoms with Crippen LogP contribution in [0.25, 0.3) is 10.8 Å². The molecule has 0 saturated heterocycles. The first-order valence-electron chi connectivity index (χ1n) is 10.3. The van der Waals surface area contributed by atoms with Crippen LogP contribution in [0.4, 0.5) is 5.69 Å². The second kappa shape index (κ2) is 8.40. The second-order valence-corrected chi connectivity index (χ2v) is 8.99. The van der Waals surface area contributed by atoms with Gasteiger partial charge in [-0.05, 0) is 51.1 Å². The summed E-state index contributed by atoms with van der Waals surface area (Å²) in [6.07, 6.45) is -0.302. The van der Waals surface area contributed by atoms with Gasteiger partial charge in [0.2, 0.25) is 10.0 Å². The number of hydrogen-bond donors (Lipinski definition) is 1. The maximum absolute atomic E-state index is 13.4. The van der Waals surface area contributed by atoms with Crippen molar-refractivity contribution < 1.29 is 27.2 Å². The molecule has 0 fully saturated rings. The van der Waals surface area contributed by atoms with Crippen molar-refractivity contribution in [3.8, 4) is 0 Å². The van der Waals surface area contributed by atoms with Gasteiger partial charge in [0.25, 0.3) is 5.91 Å². The van der Waals surface area contributed by atoms with E-state index in [0.29, 0.717) is 34.3 Å². The predicted octanol–water partition coefficient (Wildman–Crippen LogP) is 3.53. The number of anilines is 1. The number of sulfonamides is 1. The highest BCUT2D eigenvalue weighted by atomic mass is 32.2. The zero-order valence-electron chi connectivity index (χ0n) is 18.0. The molecule has 1 radical (unpaired) electrons. The Bertz CT molecular complexity index is 1310. The number of ether oxygens (including phenoxy) is 1. The molecule has 167 valence electrons. The van der Waals surface area contributed by atoms with Crippen molar-refractivity contribution in [1.82, 2.24) is 4.72 Å². The Balaban J connectivity index is 1.77. The Morgan fingerprint density at radius 3 is 2.56 bits per heavy atom. The van der Waals surface area contributed by atoms with Gasteiger partial charge in [-0.2, -0.15) is 4.72 Å². The van der Waals surface area contributed by atoms with Crippen molar-refractivity contribution in [3.63, 3.8) is 0 Å². The molecule has 9 heteroatoms. The van der Waals surface area contributed by atoms with Crippen molar-refractivity contribution >= 4 is 38.4 Å². The van der Waals surface area contributed by atoms with E-state index in [1.807, 2.05) is 6.92 Å². The van der Waals surface area contributed by atoms with Crippen molar-refractivity contribution in [1.29, 1.82) is 0 Å². The summed E-state index contributed by atoms with van der Waals surface area (Å²) in [5.74, 6) is 0.0709. The van der Waals surface area contributed by atoms with E-state index in [4.69, 9.17) is 9.15 Å². The minimum atomic E-state index is -4.12.